The van der Waals surface area contributed by atoms with Crippen molar-refractivity contribution in [2.75, 3.05) is 13.6 Å². The molecule has 1 heterocycles. The van der Waals surface area contributed by atoms with Gasteiger partial charge in [-0.15, -0.1) is 24.0 Å². The molecule has 2 atom stereocenters. The van der Waals surface area contributed by atoms with Crippen molar-refractivity contribution in [3.63, 3.8) is 0 Å². The summed E-state index contributed by atoms with van der Waals surface area (Å²) in [7, 11) is 1.75. The number of benzene rings is 1. The smallest absolute Gasteiger partial charge is 0.269 e. The molecule has 1 aliphatic carbocycles. The van der Waals surface area contributed by atoms with Gasteiger partial charge in [-0.05, 0) is 31.7 Å². The number of non-ortho nitro benzene ring substituents is 1. The Bertz CT molecular complexity index is 635. The summed E-state index contributed by atoms with van der Waals surface area (Å²) in [4.78, 5) is 17.3. The van der Waals surface area contributed by atoms with Crippen LogP contribution in [-0.4, -0.2) is 47.5 Å². The summed E-state index contributed by atoms with van der Waals surface area (Å²) in [6.45, 7) is 3.86. The third-order valence-corrected chi connectivity index (χ3v) is 4.78. The molecule has 2 unspecified atom stereocenters. The third-order valence-electron chi connectivity index (χ3n) is 4.78. The van der Waals surface area contributed by atoms with Crippen LogP contribution < -0.4 is 10.6 Å². The van der Waals surface area contributed by atoms with Crippen LogP contribution in [0.1, 0.15) is 31.7 Å². The van der Waals surface area contributed by atoms with E-state index in [0.29, 0.717) is 18.6 Å². The van der Waals surface area contributed by atoms with Gasteiger partial charge in [0.1, 0.15) is 0 Å². The maximum absolute atomic E-state index is 10.8. The van der Waals surface area contributed by atoms with Gasteiger partial charge in [0.05, 0.1) is 4.92 Å². The first-order valence-corrected chi connectivity index (χ1v) is 8.53. The average Bonchev–Trinajstić information content (AvgIpc) is 3.35. The average molecular weight is 459 g/mol. The minimum absolute atomic E-state index is 0. The number of rotatable bonds is 5. The van der Waals surface area contributed by atoms with Crippen molar-refractivity contribution in [2.45, 2.75) is 50.9 Å². The molecule has 0 amide bonds. The molecule has 7 nitrogen and oxygen atoms in total. The highest BCUT2D eigenvalue weighted by atomic mass is 127. The van der Waals surface area contributed by atoms with Crippen LogP contribution in [0.15, 0.2) is 29.3 Å². The van der Waals surface area contributed by atoms with Crippen molar-refractivity contribution in [1.82, 2.24) is 15.5 Å². The van der Waals surface area contributed by atoms with Crippen molar-refractivity contribution in [2.24, 2.45) is 4.99 Å². The number of nitro groups is 1. The van der Waals surface area contributed by atoms with E-state index in [0.717, 1.165) is 30.5 Å². The van der Waals surface area contributed by atoms with Gasteiger partial charge in [0.15, 0.2) is 5.96 Å². The predicted molar refractivity (Wildman–Crippen MR) is 109 cm³/mol. The lowest BCUT2D eigenvalue weighted by Gasteiger charge is -2.20. The lowest BCUT2D eigenvalue weighted by molar-refractivity contribution is -0.384. The third kappa shape index (κ3) is 5.27. The lowest BCUT2D eigenvalue weighted by Crippen LogP contribution is -2.44. The second-order valence-electron chi connectivity index (χ2n) is 6.71. The Hall–Kier alpha value is -1.42. The Morgan fingerprint density at radius 2 is 2.20 bits per heavy atom. The zero-order valence-electron chi connectivity index (χ0n) is 14.6. The summed E-state index contributed by atoms with van der Waals surface area (Å²) in [6, 6.07) is 8.47. The zero-order chi connectivity index (χ0) is 17.1. The van der Waals surface area contributed by atoms with Gasteiger partial charge in [0.2, 0.25) is 0 Å². The molecule has 0 spiro atoms. The Balaban J connectivity index is 0.00000225. The quantitative estimate of drug-likeness (QED) is 0.233. The van der Waals surface area contributed by atoms with Gasteiger partial charge >= 0.3 is 0 Å². The number of nitrogens with one attached hydrogen (secondary N) is 2. The number of hydrogen-bond donors (Lipinski definition) is 2. The van der Waals surface area contributed by atoms with E-state index < -0.39 is 0 Å². The Labute approximate surface area is 165 Å². The fourth-order valence-corrected chi connectivity index (χ4v) is 3.43. The van der Waals surface area contributed by atoms with E-state index >= 15 is 0 Å². The summed E-state index contributed by atoms with van der Waals surface area (Å²) in [5.74, 6) is 0.747. The molecule has 0 bridgehead atoms. The largest absolute Gasteiger partial charge is 0.352 e. The molecule has 1 saturated heterocycles. The van der Waals surface area contributed by atoms with Gasteiger partial charge < -0.3 is 10.6 Å². The second-order valence-corrected chi connectivity index (χ2v) is 6.71. The van der Waals surface area contributed by atoms with Crippen molar-refractivity contribution in [1.29, 1.82) is 0 Å². The maximum atomic E-state index is 10.8. The minimum atomic E-state index is -0.372. The monoisotopic (exact) mass is 459 g/mol. The van der Waals surface area contributed by atoms with Gasteiger partial charge in [0.25, 0.3) is 5.69 Å². The number of hydrogen-bond acceptors (Lipinski definition) is 4. The van der Waals surface area contributed by atoms with Crippen LogP contribution >= 0.6 is 24.0 Å². The first kappa shape index (κ1) is 19.9. The Morgan fingerprint density at radius 3 is 2.84 bits per heavy atom. The summed E-state index contributed by atoms with van der Waals surface area (Å²) < 4.78 is 0. The first-order valence-electron chi connectivity index (χ1n) is 8.53. The number of likely N-dealkylation sites (tertiary alicyclic amines) is 1. The second kappa shape index (κ2) is 8.79. The summed E-state index contributed by atoms with van der Waals surface area (Å²) in [5.41, 5.74) is 0.980. The molecule has 1 saturated carbocycles. The van der Waals surface area contributed by atoms with Crippen molar-refractivity contribution >= 4 is 35.6 Å². The normalized spacial score (nSPS) is 23.8. The lowest BCUT2D eigenvalue weighted by atomic mass is 10.2. The van der Waals surface area contributed by atoms with Crippen LogP contribution in [-0.2, 0) is 6.54 Å². The van der Waals surface area contributed by atoms with Gasteiger partial charge in [-0.2, -0.15) is 0 Å². The van der Waals surface area contributed by atoms with Crippen LogP contribution in [0, 0.1) is 10.1 Å². The highest BCUT2D eigenvalue weighted by Gasteiger charge is 2.38. The molecule has 8 heteroatoms. The molecule has 1 aromatic rings. The maximum Gasteiger partial charge on any atom is 0.269 e. The van der Waals surface area contributed by atoms with Gasteiger partial charge in [-0.3, -0.25) is 20.0 Å². The van der Waals surface area contributed by atoms with E-state index in [-0.39, 0.29) is 34.6 Å². The fourth-order valence-electron chi connectivity index (χ4n) is 3.43. The molecule has 3 rings (SSSR count). The number of nitrogens with zero attached hydrogens (tertiary/aromatic N) is 3. The van der Waals surface area contributed by atoms with E-state index in [1.54, 1.807) is 19.2 Å². The van der Waals surface area contributed by atoms with Gasteiger partial charge in [-0.25, -0.2) is 0 Å². The van der Waals surface area contributed by atoms with Crippen molar-refractivity contribution < 1.29 is 4.92 Å². The van der Waals surface area contributed by atoms with Crippen LogP contribution in [0.4, 0.5) is 5.69 Å². The molecule has 0 radical (unpaired) electrons. The Kier molecular flexibility index (Phi) is 7.00. The molecule has 0 aromatic heterocycles. The highest BCUT2D eigenvalue weighted by Crippen LogP contribution is 2.33. The molecular formula is C17H26IN5O2. The number of guanidine groups is 1. The van der Waals surface area contributed by atoms with Crippen molar-refractivity contribution in [3.8, 4) is 0 Å². The SMILES string of the molecule is CN=C(NCc1cccc([N+](=O)[O-])c1)NC1CC(C)N(C2CC2)C1.I. The molecule has 2 fully saturated rings. The van der Waals surface area contributed by atoms with Crippen LogP contribution in [0.5, 0.6) is 0 Å². The number of nitro benzene ring substituents is 1. The summed E-state index contributed by atoms with van der Waals surface area (Å²) in [6.07, 6.45) is 3.78. The van der Waals surface area contributed by atoms with Crippen LogP contribution in [0.2, 0.25) is 0 Å². The molecule has 2 N–H and O–H groups in total. The van der Waals surface area contributed by atoms with E-state index in [2.05, 4.69) is 27.4 Å². The van der Waals surface area contributed by atoms with Crippen LogP contribution in [0.25, 0.3) is 0 Å². The van der Waals surface area contributed by atoms with Crippen LogP contribution in [0.3, 0.4) is 0 Å². The summed E-state index contributed by atoms with van der Waals surface area (Å²) >= 11 is 0. The van der Waals surface area contributed by atoms with E-state index in [1.807, 2.05) is 6.07 Å². The highest BCUT2D eigenvalue weighted by molar-refractivity contribution is 14.0. The van der Waals surface area contributed by atoms with E-state index in [9.17, 15) is 10.1 Å². The summed E-state index contributed by atoms with van der Waals surface area (Å²) in [5, 5.41) is 17.6. The van der Waals surface area contributed by atoms with E-state index in [4.69, 9.17) is 0 Å². The number of halogens is 1. The number of aliphatic imine (C=N–C) groups is 1. The van der Waals surface area contributed by atoms with Crippen molar-refractivity contribution in [3.05, 3.63) is 39.9 Å². The minimum Gasteiger partial charge on any atom is -0.352 e. The molecule has 138 valence electrons. The van der Waals surface area contributed by atoms with Gasteiger partial charge in [0, 0.05) is 50.4 Å². The molecular weight excluding hydrogens is 433 g/mol. The first-order chi connectivity index (χ1) is 11.6. The van der Waals surface area contributed by atoms with E-state index in [1.165, 1.54) is 18.9 Å². The fraction of sp³-hybridized carbons (Fsp3) is 0.588. The zero-order valence-corrected chi connectivity index (χ0v) is 17.0. The molecule has 25 heavy (non-hydrogen) atoms. The predicted octanol–water partition coefficient (Wildman–Crippen LogP) is 2.50. The Morgan fingerprint density at radius 1 is 1.44 bits per heavy atom. The van der Waals surface area contributed by atoms with Gasteiger partial charge in [-0.1, -0.05) is 12.1 Å². The molecule has 1 aromatic carbocycles. The topological polar surface area (TPSA) is 82.8 Å². The standard InChI is InChI=1S/C17H25N5O2.HI/c1-12-8-14(11-21(12)15-6-7-15)20-17(18-2)19-10-13-4-3-5-16(9-13)22(23)24;/h3-5,9,12,14-15H,6-8,10-11H2,1-2H3,(H2,18,19,20);1H. The molecule has 2 aliphatic rings. The molecule has 1 aliphatic heterocycles.